The average Bonchev–Trinajstić information content (AvgIpc) is 2.45. The molecule has 0 aliphatic rings. The zero-order chi connectivity index (χ0) is 11.0. The molecule has 0 bridgehead atoms. The van der Waals surface area contributed by atoms with Crippen molar-refractivity contribution in [3.63, 3.8) is 0 Å². The molecule has 2 rings (SSSR count). The van der Waals surface area contributed by atoms with Crippen molar-refractivity contribution in [2.24, 2.45) is 12.8 Å². The monoisotopic (exact) mass is 223 g/mol. The third-order valence-corrected chi connectivity index (χ3v) is 3.04. The predicted octanol–water partition coefficient (Wildman–Crippen LogP) is 2.04. The number of hydrogen-bond acceptors (Lipinski definition) is 2. The Morgan fingerprint density at radius 1 is 1.47 bits per heavy atom. The normalized spacial score (nSPS) is 11.2. The van der Waals surface area contributed by atoms with Crippen LogP contribution in [0.15, 0.2) is 12.1 Å². The van der Waals surface area contributed by atoms with Crippen molar-refractivity contribution in [1.29, 1.82) is 0 Å². The van der Waals surface area contributed by atoms with Gasteiger partial charge in [0.15, 0.2) is 0 Å². The molecule has 0 saturated heterocycles. The maximum absolute atomic E-state index is 6.14. The molecule has 1 aromatic heterocycles. The fourth-order valence-electron chi connectivity index (χ4n) is 1.72. The molecular weight excluding hydrogens is 210 g/mol. The van der Waals surface area contributed by atoms with E-state index in [0.717, 1.165) is 33.9 Å². The lowest BCUT2D eigenvalue weighted by Crippen LogP contribution is -2.03. The fraction of sp³-hybridized carbons (Fsp3) is 0.364. The molecule has 0 spiro atoms. The van der Waals surface area contributed by atoms with Crippen molar-refractivity contribution < 1.29 is 0 Å². The van der Waals surface area contributed by atoms with Crippen molar-refractivity contribution in [1.82, 2.24) is 9.55 Å². The number of nitrogens with two attached hydrogens (primary N) is 1. The van der Waals surface area contributed by atoms with Crippen LogP contribution in [0, 0.1) is 6.92 Å². The van der Waals surface area contributed by atoms with E-state index in [1.54, 1.807) is 0 Å². The van der Waals surface area contributed by atoms with Crippen LogP contribution >= 0.6 is 11.6 Å². The van der Waals surface area contributed by atoms with Gasteiger partial charge in [-0.15, -0.1) is 0 Å². The number of hydrogen-bond donors (Lipinski definition) is 1. The minimum atomic E-state index is 0.613. The topological polar surface area (TPSA) is 43.8 Å². The molecule has 2 N–H and O–H groups in total. The van der Waals surface area contributed by atoms with Crippen LogP contribution in [0.2, 0.25) is 5.02 Å². The molecule has 0 unspecified atom stereocenters. The van der Waals surface area contributed by atoms with E-state index in [1.165, 1.54) is 0 Å². The molecule has 0 fully saturated rings. The van der Waals surface area contributed by atoms with E-state index in [0.29, 0.717) is 6.54 Å². The number of aryl methyl sites for hydroxylation is 2. The molecule has 3 nitrogen and oxygen atoms in total. The van der Waals surface area contributed by atoms with Gasteiger partial charge in [-0.05, 0) is 37.6 Å². The Labute approximate surface area is 93.9 Å². The average molecular weight is 224 g/mol. The summed E-state index contributed by atoms with van der Waals surface area (Å²) < 4.78 is 2.06. The van der Waals surface area contributed by atoms with Gasteiger partial charge in [0.05, 0.1) is 11.0 Å². The van der Waals surface area contributed by atoms with Crippen LogP contribution in [0.4, 0.5) is 0 Å². The van der Waals surface area contributed by atoms with Crippen LogP contribution in [0.25, 0.3) is 11.0 Å². The molecule has 1 heterocycles. The number of fused-ring (bicyclic) bond motifs is 1. The summed E-state index contributed by atoms with van der Waals surface area (Å²) in [6.07, 6.45) is 0.805. The van der Waals surface area contributed by atoms with E-state index in [-0.39, 0.29) is 0 Å². The Hall–Kier alpha value is -1.06. The predicted molar refractivity (Wildman–Crippen MR) is 63.2 cm³/mol. The van der Waals surface area contributed by atoms with Crippen LogP contribution in [0.3, 0.4) is 0 Å². The molecular formula is C11H14ClN3. The Balaban J connectivity index is 2.66. The summed E-state index contributed by atoms with van der Waals surface area (Å²) in [5.41, 5.74) is 8.68. The van der Waals surface area contributed by atoms with Crippen molar-refractivity contribution in [2.45, 2.75) is 13.3 Å². The van der Waals surface area contributed by atoms with Crippen molar-refractivity contribution in [3.8, 4) is 0 Å². The van der Waals surface area contributed by atoms with Gasteiger partial charge in [0.2, 0.25) is 0 Å². The Morgan fingerprint density at radius 2 is 2.20 bits per heavy atom. The van der Waals surface area contributed by atoms with E-state index in [4.69, 9.17) is 17.3 Å². The number of halogens is 1. The Morgan fingerprint density at radius 3 is 2.87 bits per heavy atom. The van der Waals surface area contributed by atoms with E-state index >= 15 is 0 Å². The van der Waals surface area contributed by atoms with E-state index in [9.17, 15) is 0 Å². The van der Waals surface area contributed by atoms with Crippen LogP contribution < -0.4 is 5.73 Å². The highest BCUT2D eigenvalue weighted by Gasteiger charge is 2.08. The van der Waals surface area contributed by atoms with Gasteiger partial charge in [-0.2, -0.15) is 0 Å². The highest BCUT2D eigenvalue weighted by Crippen LogP contribution is 2.24. The zero-order valence-electron chi connectivity index (χ0n) is 8.92. The summed E-state index contributed by atoms with van der Waals surface area (Å²) in [6, 6.07) is 3.99. The minimum absolute atomic E-state index is 0.613. The Kier molecular flexibility index (Phi) is 2.67. The first-order valence-corrected chi connectivity index (χ1v) is 5.33. The standard InChI is InChI=1S/C11H14ClN3/c1-7-14-10-6-9(12)8(3-4-13)5-11(10)15(7)2/h5-6H,3-4,13H2,1-2H3. The van der Waals surface area contributed by atoms with Crippen molar-refractivity contribution in [3.05, 3.63) is 28.5 Å². The summed E-state index contributed by atoms with van der Waals surface area (Å²) in [7, 11) is 2.00. The molecule has 15 heavy (non-hydrogen) atoms. The smallest absolute Gasteiger partial charge is 0.106 e. The van der Waals surface area contributed by atoms with E-state index < -0.39 is 0 Å². The van der Waals surface area contributed by atoms with Crippen LogP contribution in [0.5, 0.6) is 0 Å². The molecule has 2 aromatic rings. The van der Waals surface area contributed by atoms with Gasteiger partial charge in [0.1, 0.15) is 5.82 Å². The summed E-state index contributed by atoms with van der Waals surface area (Å²) >= 11 is 6.14. The Bertz CT molecular complexity index is 502. The van der Waals surface area contributed by atoms with Gasteiger partial charge in [-0.3, -0.25) is 0 Å². The summed E-state index contributed by atoms with van der Waals surface area (Å²) in [6.45, 7) is 2.60. The lowest BCUT2D eigenvalue weighted by molar-refractivity contribution is 0.884. The van der Waals surface area contributed by atoms with Crippen LogP contribution in [-0.4, -0.2) is 16.1 Å². The quantitative estimate of drug-likeness (QED) is 0.847. The van der Waals surface area contributed by atoms with Crippen molar-refractivity contribution >= 4 is 22.6 Å². The van der Waals surface area contributed by atoms with Gasteiger partial charge in [0, 0.05) is 12.1 Å². The zero-order valence-corrected chi connectivity index (χ0v) is 9.67. The lowest BCUT2D eigenvalue weighted by Gasteiger charge is -2.03. The minimum Gasteiger partial charge on any atom is -0.331 e. The molecule has 0 aliphatic heterocycles. The summed E-state index contributed by atoms with van der Waals surface area (Å²) in [4.78, 5) is 4.42. The highest BCUT2D eigenvalue weighted by molar-refractivity contribution is 6.32. The molecule has 0 atom stereocenters. The largest absolute Gasteiger partial charge is 0.331 e. The fourth-order valence-corrected chi connectivity index (χ4v) is 1.98. The third kappa shape index (κ3) is 1.73. The van der Waals surface area contributed by atoms with E-state index in [2.05, 4.69) is 15.6 Å². The number of imidazole rings is 1. The lowest BCUT2D eigenvalue weighted by atomic mass is 10.1. The molecule has 4 heteroatoms. The van der Waals surface area contributed by atoms with Gasteiger partial charge in [-0.25, -0.2) is 4.98 Å². The second-order valence-electron chi connectivity index (χ2n) is 3.69. The second kappa shape index (κ2) is 3.83. The van der Waals surface area contributed by atoms with E-state index in [1.807, 2.05) is 20.0 Å². The SMILES string of the molecule is Cc1nc2cc(Cl)c(CCN)cc2n1C. The first-order valence-electron chi connectivity index (χ1n) is 4.95. The van der Waals surface area contributed by atoms with Gasteiger partial charge in [-0.1, -0.05) is 11.6 Å². The van der Waals surface area contributed by atoms with Gasteiger partial charge in [0.25, 0.3) is 0 Å². The number of aromatic nitrogens is 2. The molecule has 0 amide bonds. The molecule has 0 saturated carbocycles. The summed E-state index contributed by atoms with van der Waals surface area (Å²) in [5.74, 6) is 0.992. The molecule has 0 aliphatic carbocycles. The van der Waals surface area contributed by atoms with Gasteiger partial charge >= 0.3 is 0 Å². The maximum atomic E-state index is 6.14. The number of nitrogens with zero attached hydrogens (tertiary/aromatic N) is 2. The molecule has 80 valence electrons. The van der Waals surface area contributed by atoms with Gasteiger partial charge < -0.3 is 10.3 Å². The summed E-state index contributed by atoms with van der Waals surface area (Å²) in [5, 5.41) is 0.756. The highest BCUT2D eigenvalue weighted by atomic mass is 35.5. The van der Waals surface area contributed by atoms with Crippen LogP contribution in [-0.2, 0) is 13.5 Å². The third-order valence-electron chi connectivity index (χ3n) is 2.69. The number of benzene rings is 1. The second-order valence-corrected chi connectivity index (χ2v) is 4.10. The first-order chi connectivity index (χ1) is 7.13. The van der Waals surface area contributed by atoms with Crippen LogP contribution in [0.1, 0.15) is 11.4 Å². The van der Waals surface area contributed by atoms with Crippen molar-refractivity contribution in [2.75, 3.05) is 6.54 Å². The molecule has 1 aromatic carbocycles. The number of rotatable bonds is 2. The molecule has 0 radical (unpaired) electrons. The maximum Gasteiger partial charge on any atom is 0.106 e. The first kappa shape index (κ1) is 10.5.